The standard InChI is InChI=1S/C27H27ClN4O5/c1-32(2)19-11-9-17(10-12-19)13-22(30-26(34)20-7-5-6-8-21(20)28)27(35)31-29-16-18-14-23(36-3)25(33)24(15-18)37-4/h5-16,33H,1-4H3,(H,30,34)(H,31,35)/b22-13+,29-16+. The number of hydrogen-bond acceptors (Lipinski definition) is 7. The molecule has 0 aliphatic rings. The second kappa shape index (κ2) is 12.5. The molecule has 0 aromatic heterocycles. The molecule has 0 heterocycles. The summed E-state index contributed by atoms with van der Waals surface area (Å²) in [6, 6.07) is 17.0. The van der Waals surface area contributed by atoms with Crippen LogP contribution in [0.5, 0.6) is 17.2 Å². The van der Waals surface area contributed by atoms with Crippen LogP contribution >= 0.6 is 11.6 Å². The molecule has 3 rings (SSSR count). The summed E-state index contributed by atoms with van der Waals surface area (Å²) in [6.45, 7) is 0. The molecule has 0 atom stereocenters. The number of aromatic hydroxyl groups is 1. The first kappa shape index (κ1) is 27.1. The SMILES string of the molecule is COc1cc(/C=N/NC(=O)/C(=C\c2ccc(N(C)C)cc2)NC(=O)c2ccccc2Cl)cc(OC)c1O. The highest BCUT2D eigenvalue weighted by Gasteiger charge is 2.17. The number of halogens is 1. The second-order valence-corrected chi connectivity index (χ2v) is 8.36. The number of hydrazone groups is 1. The highest BCUT2D eigenvalue weighted by Crippen LogP contribution is 2.36. The maximum absolute atomic E-state index is 13.0. The number of nitrogens with one attached hydrogen (secondary N) is 2. The highest BCUT2D eigenvalue weighted by molar-refractivity contribution is 6.34. The van der Waals surface area contributed by atoms with Gasteiger partial charge in [0, 0.05) is 25.3 Å². The zero-order chi connectivity index (χ0) is 26.9. The number of benzene rings is 3. The highest BCUT2D eigenvalue weighted by atomic mass is 35.5. The number of methoxy groups -OCH3 is 2. The maximum Gasteiger partial charge on any atom is 0.287 e. The Bertz CT molecular complexity index is 1310. The molecule has 0 fully saturated rings. The summed E-state index contributed by atoms with van der Waals surface area (Å²) in [6.07, 6.45) is 2.88. The summed E-state index contributed by atoms with van der Waals surface area (Å²) < 4.78 is 10.3. The molecule has 0 saturated heterocycles. The topological polar surface area (TPSA) is 112 Å². The Morgan fingerprint density at radius 3 is 2.16 bits per heavy atom. The van der Waals surface area contributed by atoms with Gasteiger partial charge >= 0.3 is 0 Å². The molecule has 2 amide bonds. The lowest BCUT2D eigenvalue weighted by atomic mass is 10.1. The minimum absolute atomic E-state index is 0.0412. The van der Waals surface area contributed by atoms with Crippen LogP contribution in [-0.2, 0) is 4.79 Å². The molecule has 3 N–H and O–H groups in total. The molecule has 37 heavy (non-hydrogen) atoms. The van der Waals surface area contributed by atoms with E-state index in [0.29, 0.717) is 11.1 Å². The molecule has 0 spiro atoms. The van der Waals surface area contributed by atoms with Gasteiger partial charge in [-0.05, 0) is 48.0 Å². The van der Waals surface area contributed by atoms with Crippen molar-refractivity contribution in [3.8, 4) is 17.2 Å². The van der Waals surface area contributed by atoms with E-state index in [4.69, 9.17) is 21.1 Å². The van der Waals surface area contributed by atoms with Gasteiger partial charge < -0.3 is 24.8 Å². The largest absolute Gasteiger partial charge is 0.502 e. The number of nitrogens with zero attached hydrogens (tertiary/aromatic N) is 2. The van der Waals surface area contributed by atoms with E-state index in [1.165, 1.54) is 38.6 Å². The summed E-state index contributed by atoms with van der Waals surface area (Å²) in [4.78, 5) is 27.8. The molecule has 0 aliphatic carbocycles. The van der Waals surface area contributed by atoms with Crippen LogP contribution in [0.4, 0.5) is 5.69 Å². The van der Waals surface area contributed by atoms with E-state index < -0.39 is 11.8 Å². The van der Waals surface area contributed by atoms with Gasteiger partial charge in [-0.1, -0.05) is 35.9 Å². The van der Waals surface area contributed by atoms with E-state index >= 15 is 0 Å². The molecule has 0 saturated carbocycles. The van der Waals surface area contributed by atoms with Gasteiger partial charge in [0.05, 0.1) is 31.0 Å². The first-order valence-corrected chi connectivity index (χ1v) is 11.4. The number of hydrogen-bond donors (Lipinski definition) is 3. The molecule has 0 aliphatic heterocycles. The lowest BCUT2D eigenvalue weighted by molar-refractivity contribution is -0.117. The number of ether oxygens (including phenoxy) is 2. The van der Waals surface area contributed by atoms with Crippen molar-refractivity contribution in [2.75, 3.05) is 33.2 Å². The van der Waals surface area contributed by atoms with Gasteiger partial charge in [0.2, 0.25) is 5.75 Å². The van der Waals surface area contributed by atoms with E-state index in [-0.39, 0.29) is 33.5 Å². The van der Waals surface area contributed by atoms with Crippen LogP contribution in [0, 0.1) is 0 Å². The lowest BCUT2D eigenvalue weighted by Gasteiger charge is -2.13. The summed E-state index contributed by atoms with van der Waals surface area (Å²) in [5, 5.41) is 16.9. The van der Waals surface area contributed by atoms with Crippen LogP contribution in [0.15, 0.2) is 71.5 Å². The third-order valence-electron chi connectivity index (χ3n) is 5.21. The lowest BCUT2D eigenvalue weighted by Crippen LogP contribution is -2.33. The first-order valence-electron chi connectivity index (χ1n) is 11.1. The molecular weight excluding hydrogens is 496 g/mol. The molecule has 10 heteroatoms. The van der Waals surface area contributed by atoms with Crippen LogP contribution < -0.4 is 25.1 Å². The number of carbonyl (C=O) groups is 2. The van der Waals surface area contributed by atoms with Gasteiger partial charge in [-0.2, -0.15) is 5.10 Å². The molecule has 3 aromatic carbocycles. The van der Waals surface area contributed by atoms with Crippen molar-refractivity contribution < 1.29 is 24.2 Å². The predicted octanol–water partition coefficient (Wildman–Crippen LogP) is 4.05. The minimum atomic E-state index is -0.661. The van der Waals surface area contributed by atoms with Gasteiger partial charge in [-0.15, -0.1) is 0 Å². The summed E-state index contributed by atoms with van der Waals surface area (Å²) in [5.41, 5.74) is 4.75. The Balaban J connectivity index is 1.87. The first-order chi connectivity index (χ1) is 17.7. The van der Waals surface area contributed by atoms with Crippen LogP contribution in [0.25, 0.3) is 6.08 Å². The quantitative estimate of drug-likeness (QED) is 0.222. The van der Waals surface area contributed by atoms with Crippen LogP contribution in [-0.4, -0.2) is 51.5 Å². The smallest absolute Gasteiger partial charge is 0.287 e. The molecular formula is C27H27ClN4O5. The third-order valence-corrected chi connectivity index (χ3v) is 5.54. The van der Waals surface area contributed by atoms with Gasteiger partial charge in [0.15, 0.2) is 11.5 Å². The fourth-order valence-corrected chi connectivity index (χ4v) is 3.46. The van der Waals surface area contributed by atoms with E-state index in [0.717, 1.165) is 5.69 Å². The van der Waals surface area contributed by atoms with Crippen LogP contribution in [0.2, 0.25) is 5.02 Å². The van der Waals surface area contributed by atoms with Crippen molar-refractivity contribution in [1.82, 2.24) is 10.7 Å². The number of amides is 2. The van der Waals surface area contributed by atoms with Gasteiger partial charge in [0.25, 0.3) is 11.8 Å². The average Bonchev–Trinajstić information content (AvgIpc) is 2.89. The van der Waals surface area contributed by atoms with E-state index in [1.807, 2.05) is 43.3 Å². The predicted molar refractivity (Wildman–Crippen MR) is 145 cm³/mol. The number of rotatable bonds is 9. The Labute approximate surface area is 220 Å². The second-order valence-electron chi connectivity index (χ2n) is 7.95. The monoisotopic (exact) mass is 522 g/mol. The zero-order valence-electron chi connectivity index (χ0n) is 20.8. The van der Waals surface area contributed by atoms with E-state index in [1.54, 1.807) is 24.3 Å². The van der Waals surface area contributed by atoms with Gasteiger partial charge in [-0.3, -0.25) is 9.59 Å². The number of carbonyl (C=O) groups excluding carboxylic acids is 2. The Hall–Kier alpha value is -4.50. The minimum Gasteiger partial charge on any atom is -0.502 e. The average molecular weight is 523 g/mol. The Morgan fingerprint density at radius 1 is 0.973 bits per heavy atom. The van der Waals surface area contributed by atoms with Crippen molar-refractivity contribution in [3.05, 3.63) is 88.1 Å². The van der Waals surface area contributed by atoms with E-state index in [9.17, 15) is 14.7 Å². The summed E-state index contributed by atoms with van der Waals surface area (Å²) >= 11 is 6.15. The maximum atomic E-state index is 13.0. The number of phenols is 1. The van der Waals surface area contributed by atoms with Crippen LogP contribution in [0.3, 0.4) is 0 Å². The Kier molecular flexibility index (Phi) is 9.12. The van der Waals surface area contributed by atoms with Crippen molar-refractivity contribution in [2.24, 2.45) is 5.10 Å². The molecule has 3 aromatic rings. The van der Waals surface area contributed by atoms with Gasteiger partial charge in [0.1, 0.15) is 5.70 Å². The number of phenolic OH excluding ortho intramolecular Hbond substituents is 1. The molecule has 0 radical (unpaired) electrons. The molecule has 192 valence electrons. The van der Waals surface area contributed by atoms with Crippen molar-refractivity contribution >= 4 is 41.4 Å². The van der Waals surface area contributed by atoms with Crippen molar-refractivity contribution in [2.45, 2.75) is 0 Å². The number of anilines is 1. The van der Waals surface area contributed by atoms with Crippen molar-refractivity contribution in [1.29, 1.82) is 0 Å². The molecule has 9 nitrogen and oxygen atoms in total. The molecule has 0 unspecified atom stereocenters. The fourth-order valence-electron chi connectivity index (χ4n) is 3.24. The normalized spacial score (nSPS) is 11.2. The third kappa shape index (κ3) is 7.02. The zero-order valence-corrected chi connectivity index (χ0v) is 21.5. The van der Waals surface area contributed by atoms with E-state index in [2.05, 4.69) is 15.8 Å². The fraction of sp³-hybridized carbons (Fsp3) is 0.148. The summed E-state index contributed by atoms with van der Waals surface area (Å²) in [5.74, 6) is -0.999. The molecule has 0 bridgehead atoms. The van der Waals surface area contributed by atoms with Crippen molar-refractivity contribution in [3.63, 3.8) is 0 Å². The van der Waals surface area contributed by atoms with Gasteiger partial charge in [-0.25, -0.2) is 5.43 Å². The Morgan fingerprint density at radius 2 is 1.59 bits per heavy atom. The summed E-state index contributed by atoms with van der Waals surface area (Å²) in [7, 11) is 6.65. The van der Waals surface area contributed by atoms with Crippen LogP contribution in [0.1, 0.15) is 21.5 Å².